The Kier molecular flexibility index (Phi) is 9.16. The molecule has 2 aromatic rings. The second-order valence-corrected chi connectivity index (χ2v) is 12.6. The summed E-state index contributed by atoms with van der Waals surface area (Å²) in [5.74, 6) is -1.03. The van der Waals surface area contributed by atoms with Gasteiger partial charge in [-0.25, -0.2) is 4.79 Å². The number of nitrogens with zero attached hydrogens (tertiary/aromatic N) is 2. The van der Waals surface area contributed by atoms with Gasteiger partial charge in [0, 0.05) is 31.2 Å². The van der Waals surface area contributed by atoms with E-state index >= 15 is 0 Å². The number of aryl methyl sites for hydroxylation is 1. The van der Waals surface area contributed by atoms with Gasteiger partial charge >= 0.3 is 5.97 Å². The molecule has 3 aliphatic rings. The number of hydrogen-bond donors (Lipinski definition) is 3. The number of rotatable bonds is 1. The first-order chi connectivity index (χ1) is 20.1. The molecule has 5 atom stereocenters. The first-order valence-electron chi connectivity index (χ1n) is 14.9. The summed E-state index contributed by atoms with van der Waals surface area (Å²) in [6, 6.07) is 10.5. The molecule has 8 nitrogen and oxygen atoms in total. The van der Waals surface area contributed by atoms with Crippen molar-refractivity contribution >= 4 is 29.2 Å². The summed E-state index contributed by atoms with van der Waals surface area (Å²) in [6.45, 7) is 3.53. The molecule has 2 aliphatic heterocycles. The van der Waals surface area contributed by atoms with Gasteiger partial charge in [-0.15, -0.1) is 0 Å². The highest BCUT2D eigenvalue weighted by Crippen LogP contribution is 2.42. The Morgan fingerprint density at radius 3 is 2.67 bits per heavy atom. The number of aliphatic hydroxyl groups is 2. The molecule has 2 aromatic carbocycles. The summed E-state index contributed by atoms with van der Waals surface area (Å²) in [4.78, 5) is 29.5. The average molecular weight is 597 g/mol. The number of fused-ring (bicyclic) bond motifs is 3. The van der Waals surface area contributed by atoms with Crippen molar-refractivity contribution in [3.8, 4) is 5.75 Å². The molecular weight excluding hydrogens is 556 g/mol. The summed E-state index contributed by atoms with van der Waals surface area (Å²) in [7, 11) is 1.61. The molecule has 1 amide bonds. The van der Waals surface area contributed by atoms with E-state index in [2.05, 4.69) is 4.90 Å². The molecule has 1 saturated carbocycles. The Bertz CT molecular complexity index is 1350. The zero-order valence-electron chi connectivity index (χ0n) is 24.3. The maximum atomic E-state index is 13.2. The minimum atomic E-state index is -2.41. The second kappa shape index (κ2) is 12.7. The molecule has 5 rings (SSSR count). The fourth-order valence-electron chi connectivity index (χ4n) is 6.36. The van der Waals surface area contributed by atoms with E-state index < -0.39 is 30.0 Å². The third-order valence-corrected chi connectivity index (χ3v) is 9.68. The first kappa shape index (κ1) is 30.4. The number of carbonyl (C=O) groups is 2. The van der Waals surface area contributed by atoms with Crippen LogP contribution in [0.1, 0.15) is 62.1 Å². The van der Waals surface area contributed by atoms with Crippen LogP contribution in [-0.2, 0) is 28.2 Å². The van der Waals surface area contributed by atoms with Crippen LogP contribution >= 0.6 is 11.6 Å². The van der Waals surface area contributed by atoms with Crippen LogP contribution in [0.2, 0.25) is 5.02 Å². The van der Waals surface area contributed by atoms with E-state index in [9.17, 15) is 24.9 Å². The first-order valence-corrected chi connectivity index (χ1v) is 15.3. The van der Waals surface area contributed by atoms with Gasteiger partial charge in [0.1, 0.15) is 12.4 Å². The van der Waals surface area contributed by atoms with E-state index in [0.29, 0.717) is 42.6 Å². The fraction of sp³-hybridized carbons (Fsp3) is 0.515. The summed E-state index contributed by atoms with van der Waals surface area (Å²) in [5.41, 5.74) is 0.586. The molecule has 1 aliphatic carbocycles. The number of benzene rings is 2. The van der Waals surface area contributed by atoms with E-state index in [-0.39, 0.29) is 23.4 Å². The maximum Gasteiger partial charge on any atom is 0.340 e. The third kappa shape index (κ3) is 6.31. The van der Waals surface area contributed by atoms with Crippen molar-refractivity contribution in [1.82, 2.24) is 4.90 Å². The molecule has 9 heteroatoms. The second-order valence-electron chi connectivity index (χ2n) is 12.1. The predicted octanol–water partition coefficient (Wildman–Crippen LogP) is 4.92. The molecule has 226 valence electrons. The van der Waals surface area contributed by atoms with Crippen molar-refractivity contribution in [3.05, 3.63) is 70.3 Å². The Morgan fingerprint density at radius 2 is 1.93 bits per heavy atom. The Labute approximate surface area is 252 Å². The minimum Gasteiger partial charge on any atom is -0.487 e. The van der Waals surface area contributed by atoms with Crippen molar-refractivity contribution in [2.75, 3.05) is 25.0 Å². The van der Waals surface area contributed by atoms with E-state index in [1.165, 1.54) is 4.90 Å². The summed E-state index contributed by atoms with van der Waals surface area (Å²) < 4.78 is 6.38. The van der Waals surface area contributed by atoms with Gasteiger partial charge in [0.15, 0.2) is 5.60 Å². The van der Waals surface area contributed by atoms with Gasteiger partial charge < -0.3 is 29.9 Å². The van der Waals surface area contributed by atoms with E-state index in [0.717, 1.165) is 43.2 Å². The van der Waals surface area contributed by atoms with E-state index in [1.54, 1.807) is 25.2 Å². The van der Waals surface area contributed by atoms with Crippen molar-refractivity contribution in [3.63, 3.8) is 0 Å². The molecule has 1 fully saturated rings. The van der Waals surface area contributed by atoms with Gasteiger partial charge in [-0.1, -0.05) is 35.9 Å². The lowest BCUT2D eigenvalue weighted by atomic mass is 9.70. The number of ether oxygens (including phenoxy) is 1. The lowest BCUT2D eigenvalue weighted by Crippen LogP contribution is -2.45. The van der Waals surface area contributed by atoms with Crippen molar-refractivity contribution in [1.29, 1.82) is 0 Å². The van der Waals surface area contributed by atoms with E-state index in [1.807, 2.05) is 37.3 Å². The van der Waals surface area contributed by atoms with Crippen LogP contribution in [-0.4, -0.2) is 64.4 Å². The molecule has 2 heterocycles. The van der Waals surface area contributed by atoms with Gasteiger partial charge in [0.2, 0.25) is 5.91 Å². The SMILES string of the molecule is C[C@H]1C/C=C/[C@H](O)[C@@H]2CC[C@H]2CN2CCCCc3cc(Cl)ccc3COc3ccc(cc32)[C@](O)(C(=O)O)CC(=O)N1C. The number of carboxylic acid groups (broad SMARTS) is 1. The molecule has 0 unspecified atom stereocenters. The smallest absolute Gasteiger partial charge is 0.340 e. The quantitative estimate of drug-likeness (QED) is 0.401. The van der Waals surface area contributed by atoms with Crippen LogP contribution in [0.15, 0.2) is 48.6 Å². The molecule has 0 spiro atoms. The highest BCUT2D eigenvalue weighted by atomic mass is 35.5. The number of hydrogen-bond acceptors (Lipinski definition) is 6. The van der Waals surface area contributed by atoms with Crippen LogP contribution in [0.4, 0.5) is 5.69 Å². The number of halogens is 1. The standard InChI is InChI=1S/C33H41ClN2O6/c1-21-6-5-8-29(37)27-13-10-23(27)19-36-15-4-3-7-22-16-26(34)12-9-24(22)20-42-30-14-11-25(17-28(30)36)33(41,32(39)40)18-31(38)35(21)2/h5,8-9,11-12,14,16-17,21,23,27,29,37,41H,3-4,6-7,10,13,15,18-20H2,1-2H3,(H,39,40)/b8-5+/t21-,23-,27+,29-,33-/m0/s1. The van der Waals surface area contributed by atoms with Gasteiger partial charge in [-0.3, -0.25) is 4.79 Å². The van der Waals surface area contributed by atoms with Crippen LogP contribution in [0.5, 0.6) is 5.75 Å². The largest absolute Gasteiger partial charge is 0.487 e. The Balaban J connectivity index is 1.59. The van der Waals surface area contributed by atoms with Gasteiger partial charge in [-0.05, 0) is 98.2 Å². The molecule has 42 heavy (non-hydrogen) atoms. The van der Waals surface area contributed by atoms with Crippen molar-refractivity contribution in [2.45, 2.75) is 76.2 Å². The van der Waals surface area contributed by atoms with Crippen LogP contribution in [0, 0.1) is 11.8 Å². The van der Waals surface area contributed by atoms with Crippen LogP contribution in [0.25, 0.3) is 0 Å². The maximum absolute atomic E-state index is 13.2. The van der Waals surface area contributed by atoms with Crippen LogP contribution in [0.3, 0.4) is 0 Å². The van der Waals surface area contributed by atoms with Crippen molar-refractivity contribution < 1.29 is 29.6 Å². The highest BCUT2D eigenvalue weighted by Gasteiger charge is 2.43. The monoisotopic (exact) mass is 596 g/mol. The summed E-state index contributed by atoms with van der Waals surface area (Å²) in [6.07, 6.45) is 7.63. The Hall–Kier alpha value is -3.07. The number of carboxylic acids is 1. The fourth-order valence-corrected chi connectivity index (χ4v) is 6.55. The molecule has 0 radical (unpaired) electrons. The molecular formula is C33H41ClN2O6. The lowest BCUT2D eigenvalue weighted by Gasteiger charge is -2.43. The molecule has 0 saturated heterocycles. The third-order valence-electron chi connectivity index (χ3n) is 9.45. The number of aliphatic hydroxyl groups excluding tert-OH is 1. The number of amides is 1. The van der Waals surface area contributed by atoms with Crippen LogP contribution < -0.4 is 9.64 Å². The Morgan fingerprint density at radius 1 is 1.12 bits per heavy atom. The van der Waals surface area contributed by atoms with Gasteiger partial charge in [0.25, 0.3) is 0 Å². The minimum absolute atomic E-state index is 0.108. The van der Waals surface area contributed by atoms with Crippen molar-refractivity contribution in [2.24, 2.45) is 11.8 Å². The zero-order chi connectivity index (χ0) is 30.0. The number of aliphatic carboxylic acids is 1. The topological polar surface area (TPSA) is 111 Å². The van der Waals surface area contributed by atoms with E-state index in [4.69, 9.17) is 16.3 Å². The summed E-state index contributed by atoms with van der Waals surface area (Å²) in [5, 5.41) is 33.5. The highest BCUT2D eigenvalue weighted by molar-refractivity contribution is 6.30. The van der Waals surface area contributed by atoms with Gasteiger partial charge in [-0.2, -0.15) is 0 Å². The normalized spacial score (nSPS) is 29.7. The molecule has 0 aromatic heterocycles. The summed E-state index contributed by atoms with van der Waals surface area (Å²) >= 11 is 6.30. The number of anilines is 1. The van der Waals surface area contributed by atoms with Gasteiger partial charge in [0.05, 0.1) is 18.2 Å². The molecule has 3 N–H and O–H groups in total. The average Bonchev–Trinajstić information content (AvgIpc) is 2.97. The number of carbonyl (C=O) groups excluding carboxylic acids is 1. The zero-order valence-corrected chi connectivity index (χ0v) is 25.1. The lowest BCUT2D eigenvalue weighted by molar-refractivity contribution is -0.165. The molecule has 2 bridgehead atoms. The predicted molar refractivity (Wildman–Crippen MR) is 162 cm³/mol.